The molecule has 1 fully saturated rings. The van der Waals surface area contributed by atoms with Gasteiger partial charge in [-0.05, 0) is 38.9 Å². The lowest BCUT2D eigenvalue weighted by molar-refractivity contribution is -0.138. The molecule has 1 heterocycles. The molecule has 0 aromatic heterocycles. The molecule has 0 bridgehead atoms. The predicted octanol–water partition coefficient (Wildman–Crippen LogP) is 1.27. The van der Waals surface area contributed by atoms with Crippen molar-refractivity contribution in [2.24, 2.45) is 0 Å². The van der Waals surface area contributed by atoms with Crippen LogP contribution in [0.4, 0.5) is 0 Å². The van der Waals surface area contributed by atoms with Crippen LogP contribution in [0.1, 0.15) is 32.6 Å². The van der Waals surface area contributed by atoms with Crippen molar-refractivity contribution >= 4 is 5.97 Å². The van der Waals surface area contributed by atoms with Gasteiger partial charge in [0, 0.05) is 13.1 Å². The molecule has 1 aliphatic heterocycles. The van der Waals surface area contributed by atoms with E-state index in [2.05, 4.69) is 11.8 Å². The number of hydrogen-bond donors (Lipinski definition) is 1. The zero-order chi connectivity index (χ0) is 11.8. The maximum atomic E-state index is 10.7. The fraction of sp³-hybridized carbons (Fsp3) is 0.917. The van der Waals surface area contributed by atoms with Gasteiger partial charge in [0.2, 0.25) is 0 Å². The van der Waals surface area contributed by atoms with Crippen LogP contribution in [0.15, 0.2) is 0 Å². The molecule has 0 amide bonds. The molecular formula is C12H24N2O2. The fourth-order valence-corrected chi connectivity index (χ4v) is 2.24. The molecule has 1 aliphatic rings. The van der Waals surface area contributed by atoms with Crippen molar-refractivity contribution in [1.82, 2.24) is 9.80 Å². The number of piperidine rings is 1. The third kappa shape index (κ3) is 5.47. The normalized spacial score (nSPS) is 17.9. The summed E-state index contributed by atoms with van der Waals surface area (Å²) in [7, 11) is 0. The second kappa shape index (κ2) is 7.63. The molecule has 0 atom stereocenters. The van der Waals surface area contributed by atoms with Crippen LogP contribution >= 0.6 is 0 Å². The highest BCUT2D eigenvalue weighted by molar-refractivity contribution is 5.69. The monoisotopic (exact) mass is 228 g/mol. The van der Waals surface area contributed by atoms with E-state index in [1.807, 2.05) is 4.90 Å². The minimum Gasteiger partial charge on any atom is -0.480 e. The second-order valence-electron chi connectivity index (χ2n) is 4.57. The van der Waals surface area contributed by atoms with Gasteiger partial charge in [0.15, 0.2) is 0 Å². The van der Waals surface area contributed by atoms with Crippen LogP contribution in [0.5, 0.6) is 0 Å². The Hall–Kier alpha value is -0.610. The van der Waals surface area contributed by atoms with Gasteiger partial charge in [-0.15, -0.1) is 0 Å². The van der Waals surface area contributed by atoms with Crippen LogP contribution in [0.3, 0.4) is 0 Å². The molecule has 4 heteroatoms. The Balaban J connectivity index is 2.21. The predicted molar refractivity (Wildman–Crippen MR) is 64.7 cm³/mol. The molecule has 0 spiro atoms. The first kappa shape index (κ1) is 13.5. The highest BCUT2D eigenvalue weighted by Crippen LogP contribution is 2.08. The van der Waals surface area contributed by atoms with E-state index in [9.17, 15) is 4.79 Å². The summed E-state index contributed by atoms with van der Waals surface area (Å²) in [5.74, 6) is -0.716. The van der Waals surface area contributed by atoms with Crippen LogP contribution in [0, 0.1) is 0 Å². The summed E-state index contributed by atoms with van der Waals surface area (Å²) in [4.78, 5) is 15.2. The van der Waals surface area contributed by atoms with Gasteiger partial charge in [0.25, 0.3) is 0 Å². The number of likely N-dealkylation sites (tertiary alicyclic amines) is 1. The average molecular weight is 228 g/mol. The Morgan fingerprint density at radius 3 is 2.50 bits per heavy atom. The molecule has 0 aromatic rings. The third-order valence-electron chi connectivity index (χ3n) is 3.08. The zero-order valence-electron chi connectivity index (χ0n) is 10.3. The van der Waals surface area contributed by atoms with Gasteiger partial charge in [0.05, 0.1) is 6.54 Å². The van der Waals surface area contributed by atoms with Gasteiger partial charge in [-0.25, -0.2) is 0 Å². The molecule has 0 aromatic carbocycles. The maximum absolute atomic E-state index is 10.7. The summed E-state index contributed by atoms with van der Waals surface area (Å²) in [6, 6.07) is 0. The first-order valence-electron chi connectivity index (χ1n) is 6.39. The topological polar surface area (TPSA) is 43.8 Å². The van der Waals surface area contributed by atoms with Crippen LogP contribution in [0.25, 0.3) is 0 Å². The zero-order valence-corrected chi connectivity index (χ0v) is 10.3. The van der Waals surface area contributed by atoms with Gasteiger partial charge < -0.3 is 10.0 Å². The van der Waals surface area contributed by atoms with E-state index >= 15 is 0 Å². The largest absolute Gasteiger partial charge is 0.480 e. The summed E-state index contributed by atoms with van der Waals surface area (Å²) in [6.07, 6.45) is 4.97. The van der Waals surface area contributed by atoms with Crippen molar-refractivity contribution in [3.8, 4) is 0 Å². The van der Waals surface area contributed by atoms with Crippen LogP contribution in [0.2, 0.25) is 0 Å². The lowest BCUT2D eigenvalue weighted by atomic mass is 10.1. The summed E-state index contributed by atoms with van der Waals surface area (Å²) in [6.45, 7) is 7.45. The smallest absolute Gasteiger partial charge is 0.317 e. The highest BCUT2D eigenvalue weighted by Gasteiger charge is 2.13. The number of aliphatic carboxylic acids is 1. The lowest BCUT2D eigenvalue weighted by Gasteiger charge is -2.29. The van der Waals surface area contributed by atoms with Crippen LogP contribution in [-0.2, 0) is 4.79 Å². The fourth-order valence-electron chi connectivity index (χ4n) is 2.24. The van der Waals surface area contributed by atoms with E-state index in [0.717, 1.165) is 26.1 Å². The first-order valence-corrected chi connectivity index (χ1v) is 6.39. The Morgan fingerprint density at radius 1 is 1.25 bits per heavy atom. The number of hydrogen-bond acceptors (Lipinski definition) is 3. The summed E-state index contributed by atoms with van der Waals surface area (Å²) in [5, 5.41) is 8.79. The van der Waals surface area contributed by atoms with Crippen molar-refractivity contribution in [2.45, 2.75) is 32.6 Å². The Morgan fingerprint density at radius 2 is 1.94 bits per heavy atom. The van der Waals surface area contributed by atoms with E-state index in [-0.39, 0.29) is 6.54 Å². The van der Waals surface area contributed by atoms with Crippen LogP contribution in [-0.4, -0.2) is 60.1 Å². The summed E-state index contributed by atoms with van der Waals surface area (Å²) >= 11 is 0. The SMILES string of the molecule is CCCN(CCN1CCCCC1)CC(=O)O. The standard InChI is InChI=1S/C12H24N2O2/c1-2-6-14(11-12(15)16)10-9-13-7-4-3-5-8-13/h2-11H2,1H3,(H,15,16). The molecule has 0 radical (unpaired) electrons. The van der Waals surface area contributed by atoms with Crippen molar-refractivity contribution in [2.75, 3.05) is 39.3 Å². The molecule has 1 rings (SSSR count). The minimum absolute atomic E-state index is 0.182. The molecule has 0 unspecified atom stereocenters. The van der Waals surface area contributed by atoms with Crippen molar-refractivity contribution in [3.05, 3.63) is 0 Å². The quantitative estimate of drug-likeness (QED) is 0.712. The van der Waals surface area contributed by atoms with E-state index in [1.165, 1.54) is 32.4 Å². The average Bonchev–Trinajstić information content (AvgIpc) is 2.27. The molecule has 0 aliphatic carbocycles. The van der Waals surface area contributed by atoms with Gasteiger partial charge >= 0.3 is 5.97 Å². The number of carboxylic acid groups (broad SMARTS) is 1. The number of nitrogens with zero attached hydrogens (tertiary/aromatic N) is 2. The van der Waals surface area contributed by atoms with E-state index < -0.39 is 5.97 Å². The molecular weight excluding hydrogens is 204 g/mol. The summed E-state index contributed by atoms with van der Waals surface area (Å²) in [5.41, 5.74) is 0. The number of carboxylic acids is 1. The first-order chi connectivity index (χ1) is 7.72. The van der Waals surface area contributed by atoms with Gasteiger partial charge in [-0.3, -0.25) is 9.69 Å². The van der Waals surface area contributed by atoms with Crippen molar-refractivity contribution in [3.63, 3.8) is 0 Å². The minimum atomic E-state index is -0.716. The van der Waals surface area contributed by atoms with Crippen molar-refractivity contribution in [1.29, 1.82) is 0 Å². The number of rotatable bonds is 7. The van der Waals surface area contributed by atoms with Crippen LogP contribution < -0.4 is 0 Å². The molecule has 1 saturated heterocycles. The Kier molecular flexibility index (Phi) is 6.42. The Bertz CT molecular complexity index is 203. The molecule has 1 N–H and O–H groups in total. The molecule has 4 nitrogen and oxygen atoms in total. The molecule has 16 heavy (non-hydrogen) atoms. The molecule has 0 saturated carbocycles. The Labute approximate surface area is 98.2 Å². The maximum Gasteiger partial charge on any atom is 0.317 e. The van der Waals surface area contributed by atoms with E-state index in [0.29, 0.717) is 0 Å². The lowest BCUT2D eigenvalue weighted by Crippen LogP contribution is -2.40. The van der Waals surface area contributed by atoms with Gasteiger partial charge in [0.1, 0.15) is 0 Å². The van der Waals surface area contributed by atoms with E-state index in [1.54, 1.807) is 0 Å². The summed E-state index contributed by atoms with van der Waals surface area (Å²) < 4.78 is 0. The molecule has 94 valence electrons. The van der Waals surface area contributed by atoms with Gasteiger partial charge in [-0.1, -0.05) is 13.3 Å². The second-order valence-corrected chi connectivity index (χ2v) is 4.57. The van der Waals surface area contributed by atoms with Crippen molar-refractivity contribution < 1.29 is 9.90 Å². The highest BCUT2D eigenvalue weighted by atomic mass is 16.4. The van der Waals surface area contributed by atoms with E-state index in [4.69, 9.17) is 5.11 Å². The number of carbonyl (C=O) groups is 1. The van der Waals surface area contributed by atoms with Gasteiger partial charge in [-0.2, -0.15) is 0 Å². The third-order valence-corrected chi connectivity index (χ3v) is 3.08.